The van der Waals surface area contributed by atoms with Gasteiger partial charge in [0.2, 0.25) is 0 Å². The Morgan fingerprint density at radius 1 is 0.955 bits per heavy atom. The van der Waals surface area contributed by atoms with E-state index in [2.05, 4.69) is 51.8 Å². The lowest BCUT2D eigenvalue weighted by Crippen LogP contribution is -1.95. The first-order chi connectivity index (χ1) is 10.7. The number of nitrogens with zero attached hydrogens (tertiary/aromatic N) is 1. The van der Waals surface area contributed by atoms with Gasteiger partial charge in [0.25, 0.3) is 0 Å². The Morgan fingerprint density at radius 2 is 1.64 bits per heavy atom. The van der Waals surface area contributed by atoms with Gasteiger partial charge in [0.15, 0.2) is 5.75 Å². The first kappa shape index (κ1) is 13.4. The van der Waals surface area contributed by atoms with Crippen LogP contribution in [0.5, 0.6) is 5.75 Å². The smallest absolute Gasteiger partial charge is 0.154 e. The number of phenols is 1. The van der Waals surface area contributed by atoms with E-state index in [9.17, 15) is 5.11 Å². The lowest BCUT2D eigenvalue weighted by atomic mass is 10.1. The van der Waals surface area contributed by atoms with Crippen LogP contribution in [0.25, 0.3) is 27.4 Å². The second-order valence-corrected chi connectivity index (χ2v) is 6.33. The minimum absolute atomic E-state index is 0.263. The van der Waals surface area contributed by atoms with E-state index in [1.54, 1.807) is 0 Å². The predicted octanol–water partition coefficient (Wildman–Crippen LogP) is 5.56. The van der Waals surface area contributed by atoms with E-state index >= 15 is 0 Å². The fourth-order valence-corrected chi connectivity index (χ4v) is 3.50. The number of rotatable bonds is 1. The summed E-state index contributed by atoms with van der Waals surface area (Å²) in [5.41, 5.74) is 3.10. The summed E-state index contributed by atoms with van der Waals surface area (Å²) in [4.78, 5) is 0. The molecule has 0 radical (unpaired) electrons. The van der Waals surface area contributed by atoms with E-state index in [0.717, 1.165) is 22.0 Å². The summed E-state index contributed by atoms with van der Waals surface area (Å²) in [6.45, 7) is 2.09. The van der Waals surface area contributed by atoms with E-state index in [-0.39, 0.29) is 5.75 Å². The largest absolute Gasteiger partial charge is 0.505 e. The zero-order chi connectivity index (χ0) is 15.3. The molecule has 0 amide bonds. The van der Waals surface area contributed by atoms with Gasteiger partial charge < -0.3 is 9.67 Å². The van der Waals surface area contributed by atoms with Crippen LogP contribution in [0, 0.1) is 6.92 Å². The summed E-state index contributed by atoms with van der Waals surface area (Å²) in [6, 6.07) is 18.3. The Hall–Kier alpha value is -2.26. The highest BCUT2D eigenvalue weighted by Crippen LogP contribution is 2.39. The van der Waals surface area contributed by atoms with Crippen LogP contribution in [0.3, 0.4) is 0 Å². The Bertz CT molecular complexity index is 1020. The van der Waals surface area contributed by atoms with Gasteiger partial charge in [-0.15, -0.1) is 0 Å². The molecule has 4 rings (SSSR count). The van der Waals surface area contributed by atoms with Gasteiger partial charge in [-0.3, -0.25) is 0 Å². The molecule has 0 saturated carbocycles. The second kappa shape index (κ2) is 4.89. The summed E-state index contributed by atoms with van der Waals surface area (Å²) >= 11 is 3.47. The summed E-state index contributed by atoms with van der Waals surface area (Å²) < 4.78 is 2.78. The van der Waals surface area contributed by atoms with Crippen molar-refractivity contribution in [1.29, 1.82) is 0 Å². The van der Waals surface area contributed by atoms with Crippen molar-refractivity contribution < 1.29 is 5.11 Å². The molecule has 2 nitrogen and oxygen atoms in total. The van der Waals surface area contributed by atoms with Crippen molar-refractivity contribution in [3.8, 4) is 11.4 Å². The first-order valence-electron chi connectivity index (χ1n) is 7.14. The molecule has 3 heteroatoms. The van der Waals surface area contributed by atoms with Crippen LogP contribution >= 0.6 is 15.9 Å². The summed E-state index contributed by atoms with van der Waals surface area (Å²) in [6.07, 6.45) is 2.08. The van der Waals surface area contributed by atoms with Crippen molar-refractivity contribution in [2.75, 3.05) is 0 Å². The fraction of sp³-hybridized carbons (Fsp3) is 0.0526. The highest BCUT2D eigenvalue weighted by atomic mass is 79.9. The number of fused-ring (bicyclic) bond motifs is 2. The number of benzene rings is 3. The van der Waals surface area contributed by atoms with Gasteiger partial charge in [-0.2, -0.15) is 0 Å². The Kier molecular flexibility index (Phi) is 2.98. The standard InChI is InChI=1S/C19H14BrNO/c1-12-11-21(17-9-5-4-7-14(12)17)18-15-8-3-2-6-13(15)10-16(20)19(18)22/h2-11,22H,1H3. The van der Waals surface area contributed by atoms with Crippen LogP contribution in [0.15, 0.2) is 65.3 Å². The molecule has 0 saturated heterocycles. The Balaban J connectivity index is 2.19. The maximum absolute atomic E-state index is 10.7. The van der Waals surface area contributed by atoms with E-state index in [4.69, 9.17) is 0 Å². The lowest BCUT2D eigenvalue weighted by molar-refractivity contribution is 0.470. The highest BCUT2D eigenvalue weighted by Gasteiger charge is 2.15. The normalized spacial score (nSPS) is 11.4. The van der Waals surface area contributed by atoms with Crippen molar-refractivity contribution in [2.24, 2.45) is 0 Å². The van der Waals surface area contributed by atoms with E-state index < -0.39 is 0 Å². The van der Waals surface area contributed by atoms with Gasteiger partial charge in [0.05, 0.1) is 15.7 Å². The number of aryl methyl sites for hydroxylation is 1. The molecule has 22 heavy (non-hydrogen) atoms. The molecule has 108 valence electrons. The number of aromatic hydroxyl groups is 1. The van der Waals surface area contributed by atoms with Crippen molar-refractivity contribution >= 4 is 37.6 Å². The fourth-order valence-electron chi connectivity index (χ4n) is 3.06. The Labute approximate surface area is 136 Å². The molecule has 1 heterocycles. The molecule has 0 atom stereocenters. The molecule has 0 aliphatic heterocycles. The molecule has 1 N–H and O–H groups in total. The van der Waals surface area contributed by atoms with Gasteiger partial charge >= 0.3 is 0 Å². The average Bonchev–Trinajstić information content (AvgIpc) is 2.86. The van der Waals surface area contributed by atoms with Crippen molar-refractivity contribution in [2.45, 2.75) is 6.92 Å². The number of halogens is 1. The van der Waals surface area contributed by atoms with E-state index in [1.165, 1.54) is 10.9 Å². The third-order valence-electron chi connectivity index (χ3n) is 4.10. The molecule has 0 aliphatic carbocycles. The van der Waals surface area contributed by atoms with E-state index in [1.807, 2.05) is 36.4 Å². The third kappa shape index (κ3) is 1.86. The number of hydrogen-bond donors (Lipinski definition) is 1. The van der Waals surface area contributed by atoms with Crippen molar-refractivity contribution in [1.82, 2.24) is 4.57 Å². The SMILES string of the molecule is Cc1cn(-c2c(O)c(Br)cc3ccccc23)c2ccccc12. The first-order valence-corrected chi connectivity index (χ1v) is 7.93. The monoisotopic (exact) mass is 351 g/mol. The lowest BCUT2D eigenvalue weighted by Gasteiger charge is -2.13. The van der Waals surface area contributed by atoms with E-state index in [0.29, 0.717) is 4.47 Å². The molecular weight excluding hydrogens is 338 g/mol. The molecular formula is C19H14BrNO. The molecule has 4 aromatic rings. The molecule has 0 fully saturated rings. The van der Waals surface area contributed by atoms with Crippen molar-refractivity contribution in [3.63, 3.8) is 0 Å². The maximum Gasteiger partial charge on any atom is 0.154 e. The average molecular weight is 352 g/mol. The van der Waals surface area contributed by atoms with Crippen LogP contribution < -0.4 is 0 Å². The number of aromatic nitrogens is 1. The van der Waals surface area contributed by atoms with Crippen LogP contribution in [0.1, 0.15) is 5.56 Å². The third-order valence-corrected chi connectivity index (χ3v) is 4.71. The second-order valence-electron chi connectivity index (χ2n) is 5.48. The van der Waals surface area contributed by atoms with Gasteiger partial charge in [-0.05, 0) is 45.9 Å². The molecule has 0 bridgehead atoms. The zero-order valence-corrected chi connectivity index (χ0v) is 13.6. The Morgan fingerprint density at radius 3 is 2.45 bits per heavy atom. The topological polar surface area (TPSA) is 25.2 Å². The molecule has 0 aliphatic rings. The number of hydrogen-bond acceptors (Lipinski definition) is 1. The summed E-state index contributed by atoms with van der Waals surface area (Å²) in [5.74, 6) is 0.263. The molecule has 1 aromatic heterocycles. The van der Waals surface area contributed by atoms with Gasteiger partial charge in [-0.1, -0.05) is 42.5 Å². The van der Waals surface area contributed by atoms with Gasteiger partial charge in [0, 0.05) is 17.0 Å². The maximum atomic E-state index is 10.7. The molecule has 3 aromatic carbocycles. The van der Waals surface area contributed by atoms with Crippen LogP contribution in [-0.2, 0) is 0 Å². The van der Waals surface area contributed by atoms with Crippen LogP contribution in [0.2, 0.25) is 0 Å². The number of para-hydroxylation sites is 1. The zero-order valence-electron chi connectivity index (χ0n) is 12.0. The minimum Gasteiger partial charge on any atom is -0.505 e. The summed E-state index contributed by atoms with van der Waals surface area (Å²) in [5, 5.41) is 14.0. The minimum atomic E-state index is 0.263. The number of phenolic OH excluding ortho intramolecular Hbond substituents is 1. The highest BCUT2D eigenvalue weighted by molar-refractivity contribution is 9.10. The van der Waals surface area contributed by atoms with Gasteiger partial charge in [0.1, 0.15) is 0 Å². The quantitative estimate of drug-likeness (QED) is 0.477. The van der Waals surface area contributed by atoms with Gasteiger partial charge in [-0.25, -0.2) is 0 Å². The molecule has 0 unspecified atom stereocenters. The summed E-state index contributed by atoms with van der Waals surface area (Å²) in [7, 11) is 0. The molecule has 0 spiro atoms. The predicted molar refractivity (Wildman–Crippen MR) is 94.9 cm³/mol. The van der Waals surface area contributed by atoms with Crippen LogP contribution in [-0.4, -0.2) is 9.67 Å². The van der Waals surface area contributed by atoms with Crippen LogP contribution in [0.4, 0.5) is 0 Å². The van der Waals surface area contributed by atoms with Crippen molar-refractivity contribution in [3.05, 3.63) is 70.8 Å².